The van der Waals surface area contributed by atoms with Crippen LogP contribution in [0.4, 0.5) is 0 Å². The molecule has 6 heteroatoms. The molecular weight excluding hydrogens is 400 g/mol. The summed E-state index contributed by atoms with van der Waals surface area (Å²) in [5.74, 6) is 0.738. The van der Waals surface area contributed by atoms with Gasteiger partial charge in [-0.05, 0) is 37.1 Å². The van der Waals surface area contributed by atoms with Crippen LogP contribution in [0.5, 0.6) is 5.75 Å². The number of likely N-dealkylation sites (tertiary alicyclic amines) is 1. The van der Waals surface area contributed by atoms with Crippen molar-refractivity contribution < 1.29 is 14.9 Å². The standard InChI is InChI=1S/C24H27ClN2O3/c1-26-14-19(17-4-2-3-5-20(17)26)22(29)15-27-10-8-24(9-11-27)13-21(28)18-12-16(25)6-7-23(18)30-24/h2-7,12,14,21-22,28-29H,8-11,13,15H2,1H3/t21-,22-/m1/s1. The number of para-hydroxylation sites is 1. The Labute approximate surface area is 181 Å². The normalized spacial score (nSPS) is 22.1. The zero-order chi connectivity index (χ0) is 20.9. The highest BCUT2D eigenvalue weighted by Gasteiger charge is 2.43. The van der Waals surface area contributed by atoms with E-state index in [9.17, 15) is 10.2 Å². The SMILES string of the molecule is Cn1cc([C@H](O)CN2CCC3(CC2)C[C@@H](O)c2cc(Cl)ccc2O3)c2ccccc21. The van der Waals surface area contributed by atoms with E-state index in [1.807, 2.05) is 37.5 Å². The maximum absolute atomic E-state index is 10.9. The summed E-state index contributed by atoms with van der Waals surface area (Å²) in [6.45, 7) is 2.26. The van der Waals surface area contributed by atoms with Crippen molar-refractivity contribution in [2.45, 2.75) is 37.1 Å². The van der Waals surface area contributed by atoms with E-state index in [0.717, 1.165) is 53.7 Å². The van der Waals surface area contributed by atoms with Crippen LogP contribution < -0.4 is 4.74 Å². The minimum absolute atomic E-state index is 0.346. The predicted molar refractivity (Wildman–Crippen MR) is 118 cm³/mol. The first kappa shape index (κ1) is 19.9. The number of aliphatic hydroxyl groups is 2. The van der Waals surface area contributed by atoms with Crippen molar-refractivity contribution in [2.24, 2.45) is 7.05 Å². The molecule has 1 fully saturated rings. The molecule has 0 aliphatic carbocycles. The number of hydrogen-bond acceptors (Lipinski definition) is 4. The third-order valence-electron chi connectivity index (χ3n) is 6.71. The molecule has 5 nitrogen and oxygen atoms in total. The van der Waals surface area contributed by atoms with E-state index in [1.165, 1.54) is 0 Å². The van der Waals surface area contributed by atoms with E-state index in [4.69, 9.17) is 16.3 Å². The fraction of sp³-hybridized carbons (Fsp3) is 0.417. The molecule has 0 bridgehead atoms. The lowest BCUT2D eigenvalue weighted by Crippen LogP contribution is -2.51. The van der Waals surface area contributed by atoms with Gasteiger partial charge in [0, 0.05) is 66.4 Å². The van der Waals surface area contributed by atoms with Crippen molar-refractivity contribution in [3.63, 3.8) is 0 Å². The fourth-order valence-corrected chi connectivity index (χ4v) is 5.22. The van der Waals surface area contributed by atoms with Gasteiger partial charge in [-0.15, -0.1) is 0 Å². The molecule has 2 N–H and O–H groups in total. The van der Waals surface area contributed by atoms with Gasteiger partial charge in [0.25, 0.3) is 0 Å². The van der Waals surface area contributed by atoms with Gasteiger partial charge in [0.1, 0.15) is 11.4 Å². The summed E-state index contributed by atoms with van der Waals surface area (Å²) < 4.78 is 8.44. The van der Waals surface area contributed by atoms with Crippen LogP contribution in [0.15, 0.2) is 48.7 Å². The molecule has 2 aliphatic rings. The van der Waals surface area contributed by atoms with Crippen molar-refractivity contribution in [2.75, 3.05) is 19.6 Å². The number of fused-ring (bicyclic) bond motifs is 2. The van der Waals surface area contributed by atoms with Crippen molar-refractivity contribution in [3.05, 3.63) is 64.8 Å². The lowest BCUT2D eigenvalue weighted by molar-refractivity contribution is -0.0587. The number of β-amino-alcohol motifs (C(OH)–C–C–N with tert-alkyl or cyclic N) is 1. The second kappa shape index (κ2) is 7.57. The number of ether oxygens (including phenoxy) is 1. The number of piperidine rings is 1. The molecule has 3 aromatic rings. The number of halogens is 1. The van der Waals surface area contributed by atoms with Crippen molar-refractivity contribution in [3.8, 4) is 5.75 Å². The molecule has 0 amide bonds. The molecule has 2 atom stereocenters. The topological polar surface area (TPSA) is 57.9 Å². The Kier molecular flexibility index (Phi) is 5.02. The van der Waals surface area contributed by atoms with Crippen molar-refractivity contribution >= 4 is 22.5 Å². The Bertz CT molecular complexity index is 1070. The van der Waals surface area contributed by atoms with Gasteiger partial charge >= 0.3 is 0 Å². The summed E-state index contributed by atoms with van der Waals surface area (Å²) in [5, 5.41) is 23.3. The maximum atomic E-state index is 10.9. The summed E-state index contributed by atoms with van der Waals surface area (Å²) in [5.41, 5.74) is 2.54. The third-order valence-corrected chi connectivity index (χ3v) is 6.94. The van der Waals surface area contributed by atoms with Gasteiger partial charge < -0.3 is 24.4 Å². The van der Waals surface area contributed by atoms with Crippen LogP contribution >= 0.6 is 11.6 Å². The van der Waals surface area contributed by atoms with Gasteiger partial charge in [-0.25, -0.2) is 0 Å². The van der Waals surface area contributed by atoms with Crippen LogP contribution in [0.25, 0.3) is 10.9 Å². The number of benzene rings is 2. The first-order valence-corrected chi connectivity index (χ1v) is 10.9. The average molecular weight is 427 g/mol. The zero-order valence-electron chi connectivity index (χ0n) is 17.1. The molecule has 1 aromatic heterocycles. The van der Waals surface area contributed by atoms with Crippen LogP contribution in [0, 0.1) is 0 Å². The van der Waals surface area contributed by atoms with Gasteiger partial charge in [0.05, 0.1) is 12.2 Å². The molecule has 1 spiro atoms. The number of rotatable bonds is 3. The molecule has 0 radical (unpaired) electrons. The predicted octanol–water partition coefficient (Wildman–Crippen LogP) is 4.22. The van der Waals surface area contributed by atoms with Crippen LogP contribution in [0.3, 0.4) is 0 Å². The van der Waals surface area contributed by atoms with Crippen LogP contribution in [0.2, 0.25) is 5.02 Å². The maximum Gasteiger partial charge on any atom is 0.126 e. The first-order chi connectivity index (χ1) is 14.4. The van der Waals surface area contributed by atoms with Gasteiger partial charge in [0.15, 0.2) is 0 Å². The van der Waals surface area contributed by atoms with E-state index in [0.29, 0.717) is 18.0 Å². The minimum Gasteiger partial charge on any atom is -0.487 e. The Morgan fingerprint density at radius 1 is 1.20 bits per heavy atom. The van der Waals surface area contributed by atoms with Crippen molar-refractivity contribution in [1.82, 2.24) is 9.47 Å². The second-order valence-electron chi connectivity index (χ2n) is 8.72. The number of hydrogen-bond donors (Lipinski definition) is 2. The Morgan fingerprint density at radius 3 is 2.77 bits per heavy atom. The average Bonchev–Trinajstić information content (AvgIpc) is 3.08. The Balaban J connectivity index is 1.27. The number of aliphatic hydroxyl groups excluding tert-OH is 2. The monoisotopic (exact) mass is 426 g/mol. The molecule has 30 heavy (non-hydrogen) atoms. The molecule has 0 saturated carbocycles. The molecule has 5 rings (SSSR count). The van der Waals surface area contributed by atoms with Gasteiger partial charge in [0.2, 0.25) is 0 Å². The fourth-order valence-electron chi connectivity index (χ4n) is 5.04. The van der Waals surface area contributed by atoms with Gasteiger partial charge in [-0.1, -0.05) is 29.8 Å². The third kappa shape index (κ3) is 3.50. The molecule has 3 heterocycles. The lowest BCUT2D eigenvalue weighted by Gasteiger charge is -2.46. The Hall–Kier alpha value is -2.05. The Morgan fingerprint density at radius 2 is 1.97 bits per heavy atom. The largest absolute Gasteiger partial charge is 0.487 e. The van der Waals surface area contributed by atoms with E-state index in [2.05, 4.69) is 21.6 Å². The lowest BCUT2D eigenvalue weighted by atomic mass is 9.81. The van der Waals surface area contributed by atoms with E-state index in [-0.39, 0.29) is 5.60 Å². The second-order valence-corrected chi connectivity index (χ2v) is 9.15. The highest BCUT2D eigenvalue weighted by molar-refractivity contribution is 6.30. The summed E-state index contributed by atoms with van der Waals surface area (Å²) in [6, 6.07) is 13.6. The van der Waals surface area contributed by atoms with E-state index < -0.39 is 12.2 Å². The van der Waals surface area contributed by atoms with Crippen LogP contribution in [0.1, 0.15) is 42.6 Å². The summed E-state index contributed by atoms with van der Waals surface area (Å²) >= 11 is 6.08. The van der Waals surface area contributed by atoms with E-state index in [1.54, 1.807) is 6.07 Å². The molecule has 1 saturated heterocycles. The highest BCUT2D eigenvalue weighted by Crippen LogP contribution is 2.45. The van der Waals surface area contributed by atoms with E-state index >= 15 is 0 Å². The molecular formula is C24H27ClN2O3. The summed E-state index contributed by atoms with van der Waals surface area (Å²) in [6.07, 6.45) is 3.18. The minimum atomic E-state index is -0.555. The number of aryl methyl sites for hydroxylation is 1. The summed E-state index contributed by atoms with van der Waals surface area (Å²) in [7, 11) is 2.01. The smallest absolute Gasteiger partial charge is 0.126 e. The number of aromatic nitrogens is 1. The summed E-state index contributed by atoms with van der Waals surface area (Å²) in [4.78, 5) is 2.30. The zero-order valence-corrected chi connectivity index (χ0v) is 17.8. The highest BCUT2D eigenvalue weighted by atomic mass is 35.5. The van der Waals surface area contributed by atoms with Gasteiger partial charge in [-0.3, -0.25) is 0 Å². The van der Waals surface area contributed by atoms with Gasteiger partial charge in [-0.2, -0.15) is 0 Å². The van der Waals surface area contributed by atoms with Crippen LogP contribution in [-0.4, -0.2) is 44.9 Å². The quantitative estimate of drug-likeness (QED) is 0.658. The molecule has 158 valence electrons. The first-order valence-electron chi connectivity index (χ1n) is 10.5. The van der Waals surface area contributed by atoms with Crippen molar-refractivity contribution in [1.29, 1.82) is 0 Å². The number of nitrogens with zero attached hydrogens (tertiary/aromatic N) is 2. The molecule has 2 aromatic carbocycles. The molecule has 2 aliphatic heterocycles. The van der Waals surface area contributed by atoms with Crippen LogP contribution in [-0.2, 0) is 7.05 Å². The molecule has 0 unspecified atom stereocenters.